The molecule has 0 saturated heterocycles. The Morgan fingerprint density at radius 3 is 2.00 bits per heavy atom. The molecular weight excluding hydrogens is 420 g/mol. The van der Waals surface area contributed by atoms with E-state index in [4.69, 9.17) is 0 Å². The van der Waals surface area contributed by atoms with Crippen molar-refractivity contribution in [2.24, 2.45) is 56.2 Å². The summed E-state index contributed by atoms with van der Waals surface area (Å²) in [6.07, 6.45) is 13.3. The first kappa shape index (κ1) is 25.1. The number of aliphatic carboxylic acids is 1. The Balaban J connectivity index is 1.52. The Labute approximate surface area is 208 Å². The van der Waals surface area contributed by atoms with Gasteiger partial charge in [0.1, 0.15) is 0 Å². The van der Waals surface area contributed by atoms with Crippen molar-refractivity contribution in [1.29, 1.82) is 0 Å². The second kappa shape index (κ2) is 7.48. The summed E-state index contributed by atoms with van der Waals surface area (Å²) in [5.41, 5.74) is 1.92. The molecule has 0 aromatic heterocycles. The van der Waals surface area contributed by atoms with Crippen molar-refractivity contribution in [3.63, 3.8) is 0 Å². The predicted molar refractivity (Wildman–Crippen MR) is 137 cm³/mol. The summed E-state index contributed by atoms with van der Waals surface area (Å²) in [7, 11) is 0. The van der Waals surface area contributed by atoms with Gasteiger partial charge in [-0.1, -0.05) is 48.5 Å². The zero-order valence-corrected chi connectivity index (χ0v) is 23.2. The zero-order chi connectivity index (χ0) is 24.9. The molecule has 34 heavy (non-hydrogen) atoms. The third kappa shape index (κ3) is 3.20. The summed E-state index contributed by atoms with van der Waals surface area (Å²) < 4.78 is 0. The summed E-state index contributed by atoms with van der Waals surface area (Å²) in [5, 5.41) is 20.6. The van der Waals surface area contributed by atoms with Crippen molar-refractivity contribution in [3.8, 4) is 0 Å². The molecule has 5 aliphatic rings. The van der Waals surface area contributed by atoms with Crippen molar-refractivity contribution in [1.82, 2.24) is 0 Å². The number of carboxylic acid groups (broad SMARTS) is 1. The van der Waals surface area contributed by atoms with Gasteiger partial charge in [-0.05, 0) is 121 Å². The maximum absolute atomic E-state index is 11.8. The predicted octanol–water partition coefficient (Wildman–Crippen LogP) is 7.70. The molecule has 3 nitrogen and oxygen atoms in total. The largest absolute Gasteiger partial charge is 0.481 e. The fraction of sp³-hybridized carbons (Fsp3) is 0.968. The average Bonchev–Trinajstić information content (AvgIpc) is 2.73. The smallest absolute Gasteiger partial charge is 0.303 e. The van der Waals surface area contributed by atoms with Crippen LogP contribution in [0, 0.1) is 56.2 Å². The van der Waals surface area contributed by atoms with E-state index in [1.54, 1.807) is 0 Å². The lowest BCUT2D eigenvalue weighted by Gasteiger charge is -2.75. The fourth-order valence-electron chi connectivity index (χ4n) is 11.8. The van der Waals surface area contributed by atoms with Crippen LogP contribution < -0.4 is 0 Å². The number of carbonyl (C=O) groups is 1. The lowest BCUT2D eigenvalue weighted by atomic mass is 9.30. The molecule has 0 aromatic rings. The number of aliphatic hydroxyl groups is 1. The Morgan fingerprint density at radius 2 is 1.32 bits per heavy atom. The van der Waals surface area contributed by atoms with Crippen LogP contribution in [0.1, 0.15) is 126 Å². The standard InChI is InChI=1S/C31H52O3/c1-26(2)12-13-27(3)14-16-30(6)23-10-11-28(4)20(18-25(33)34)21(32)8-9-22(28)29(23,5)15-17-31(30,7)24(27)19-26/h20-24,32H,8-19H2,1-7H3,(H,33,34)/t20-,21-,22+,23-,24+,27+,28+,29-,30+,31-/m0/s1. The minimum atomic E-state index is -0.743. The van der Waals surface area contributed by atoms with Gasteiger partial charge in [0.15, 0.2) is 0 Å². The molecule has 0 amide bonds. The van der Waals surface area contributed by atoms with Crippen LogP contribution >= 0.6 is 0 Å². The Morgan fingerprint density at radius 1 is 0.706 bits per heavy atom. The SMILES string of the molecule is CC1(C)CC[C@]2(C)CC[C@]3(C)[C@H]4CC[C@@]5(C)[C@@H](CC[C@H](O)[C@@H]5CC(=O)O)[C@]4(C)CC[C@@]3(C)[C@@H]2C1. The van der Waals surface area contributed by atoms with Gasteiger partial charge in [-0.2, -0.15) is 0 Å². The van der Waals surface area contributed by atoms with E-state index in [9.17, 15) is 15.0 Å². The monoisotopic (exact) mass is 472 g/mol. The van der Waals surface area contributed by atoms with Gasteiger partial charge in [0.2, 0.25) is 0 Å². The van der Waals surface area contributed by atoms with Gasteiger partial charge in [0.05, 0.1) is 12.5 Å². The Kier molecular flexibility index (Phi) is 5.52. The van der Waals surface area contributed by atoms with E-state index in [1.165, 1.54) is 51.4 Å². The highest BCUT2D eigenvalue weighted by atomic mass is 16.4. The summed E-state index contributed by atoms with van der Waals surface area (Å²) >= 11 is 0. The second-order valence-electron chi connectivity index (χ2n) is 15.9. The molecule has 3 heteroatoms. The molecular formula is C31H52O3. The molecule has 5 rings (SSSR count). The van der Waals surface area contributed by atoms with E-state index in [-0.39, 0.29) is 23.2 Å². The van der Waals surface area contributed by atoms with Gasteiger partial charge in [-0.15, -0.1) is 0 Å². The van der Waals surface area contributed by atoms with E-state index >= 15 is 0 Å². The van der Waals surface area contributed by atoms with Crippen LogP contribution in [0.3, 0.4) is 0 Å². The van der Waals surface area contributed by atoms with Crippen LogP contribution in [0.5, 0.6) is 0 Å². The Hall–Kier alpha value is -0.570. The van der Waals surface area contributed by atoms with Gasteiger partial charge in [0.25, 0.3) is 0 Å². The zero-order valence-electron chi connectivity index (χ0n) is 23.2. The van der Waals surface area contributed by atoms with Crippen LogP contribution in [0.15, 0.2) is 0 Å². The van der Waals surface area contributed by atoms with E-state index in [0.29, 0.717) is 33.5 Å². The molecule has 0 unspecified atom stereocenters. The lowest BCUT2D eigenvalue weighted by molar-refractivity contribution is -0.264. The number of rotatable bonds is 2. The maximum atomic E-state index is 11.8. The first-order chi connectivity index (χ1) is 15.6. The molecule has 10 atom stereocenters. The molecule has 5 aliphatic carbocycles. The normalized spacial score (nSPS) is 56.4. The fourth-order valence-corrected chi connectivity index (χ4v) is 11.8. The quantitative estimate of drug-likeness (QED) is 0.433. The number of carboxylic acids is 1. The third-order valence-corrected chi connectivity index (χ3v) is 14.0. The highest BCUT2D eigenvalue weighted by Crippen LogP contribution is 2.78. The summed E-state index contributed by atoms with van der Waals surface area (Å²) in [5.74, 6) is 1.22. The summed E-state index contributed by atoms with van der Waals surface area (Å²) in [6.45, 7) is 18.0. The van der Waals surface area contributed by atoms with Crippen LogP contribution in [-0.2, 0) is 4.79 Å². The molecule has 0 heterocycles. The van der Waals surface area contributed by atoms with Crippen LogP contribution in [0.2, 0.25) is 0 Å². The molecule has 194 valence electrons. The first-order valence-corrected chi connectivity index (χ1v) is 14.5. The van der Waals surface area contributed by atoms with E-state index < -0.39 is 12.1 Å². The molecule has 0 radical (unpaired) electrons. The molecule has 0 bridgehead atoms. The van der Waals surface area contributed by atoms with Gasteiger partial charge in [-0.25, -0.2) is 0 Å². The van der Waals surface area contributed by atoms with Crippen molar-refractivity contribution < 1.29 is 15.0 Å². The van der Waals surface area contributed by atoms with E-state index in [0.717, 1.165) is 25.2 Å². The highest BCUT2D eigenvalue weighted by Gasteiger charge is 2.71. The van der Waals surface area contributed by atoms with E-state index in [1.807, 2.05) is 0 Å². The van der Waals surface area contributed by atoms with Gasteiger partial charge in [0, 0.05) is 5.92 Å². The van der Waals surface area contributed by atoms with Crippen LogP contribution in [0.25, 0.3) is 0 Å². The number of aliphatic hydroxyl groups excluding tert-OH is 1. The molecule has 5 saturated carbocycles. The molecule has 0 spiro atoms. The van der Waals surface area contributed by atoms with Crippen LogP contribution in [-0.4, -0.2) is 22.3 Å². The van der Waals surface area contributed by atoms with Crippen molar-refractivity contribution >= 4 is 5.97 Å². The van der Waals surface area contributed by atoms with Crippen LogP contribution in [0.4, 0.5) is 0 Å². The molecule has 0 aromatic carbocycles. The van der Waals surface area contributed by atoms with Crippen molar-refractivity contribution in [2.75, 3.05) is 0 Å². The maximum Gasteiger partial charge on any atom is 0.303 e. The van der Waals surface area contributed by atoms with Crippen molar-refractivity contribution in [2.45, 2.75) is 132 Å². The van der Waals surface area contributed by atoms with Gasteiger partial charge in [-0.3, -0.25) is 4.79 Å². The summed E-state index contributed by atoms with van der Waals surface area (Å²) in [4.78, 5) is 11.8. The Bertz CT molecular complexity index is 850. The highest BCUT2D eigenvalue weighted by molar-refractivity contribution is 5.67. The minimum Gasteiger partial charge on any atom is -0.481 e. The molecule has 5 fully saturated rings. The minimum absolute atomic E-state index is 0.0541. The lowest BCUT2D eigenvalue weighted by Crippen LogP contribution is -2.68. The topological polar surface area (TPSA) is 57.5 Å². The number of hydrogen-bond acceptors (Lipinski definition) is 2. The third-order valence-electron chi connectivity index (χ3n) is 14.0. The van der Waals surface area contributed by atoms with Gasteiger partial charge < -0.3 is 10.2 Å². The molecule has 0 aliphatic heterocycles. The number of fused-ring (bicyclic) bond motifs is 7. The van der Waals surface area contributed by atoms with E-state index in [2.05, 4.69) is 48.5 Å². The van der Waals surface area contributed by atoms with Crippen molar-refractivity contribution in [3.05, 3.63) is 0 Å². The number of hydrogen-bond donors (Lipinski definition) is 2. The second-order valence-corrected chi connectivity index (χ2v) is 15.9. The molecule has 2 N–H and O–H groups in total. The van der Waals surface area contributed by atoms with Gasteiger partial charge >= 0.3 is 5.97 Å². The average molecular weight is 473 g/mol. The first-order valence-electron chi connectivity index (χ1n) is 14.5. The summed E-state index contributed by atoms with van der Waals surface area (Å²) in [6, 6.07) is 0.